The zero-order chi connectivity index (χ0) is 19.7. The Kier molecular flexibility index (Phi) is 5.19. The van der Waals surface area contributed by atoms with Crippen molar-refractivity contribution in [3.8, 4) is 0 Å². The van der Waals surface area contributed by atoms with Crippen molar-refractivity contribution in [1.82, 2.24) is 14.7 Å². The lowest BCUT2D eigenvalue weighted by Crippen LogP contribution is -2.52. The third-order valence-electron chi connectivity index (χ3n) is 5.90. The van der Waals surface area contributed by atoms with E-state index >= 15 is 0 Å². The molecule has 0 aromatic heterocycles. The van der Waals surface area contributed by atoms with Crippen LogP contribution in [0, 0.1) is 5.82 Å². The maximum Gasteiger partial charge on any atom is 0.410 e. The molecule has 3 fully saturated rings. The molecule has 3 heterocycles. The van der Waals surface area contributed by atoms with Gasteiger partial charge in [-0.15, -0.1) is 0 Å². The molecule has 28 heavy (non-hydrogen) atoms. The summed E-state index contributed by atoms with van der Waals surface area (Å²) in [5.74, 6) is -0.656. The highest BCUT2D eigenvalue weighted by molar-refractivity contribution is 5.98. The number of nitrogens with zero attached hydrogens (tertiary/aromatic N) is 3. The van der Waals surface area contributed by atoms with Crippen LogP contribution in [0.25, 0.3) is 0 Å². The van der Waals surface area contributed by atoms with E-state index < -0.39 is 11.9 Å². The van der Waals surface area contributed by atoms with Crippen LogP contribution in [-0.4, -0.2) is 77.5 Å². The Morgan fingerprint density at radius 2 is 1.71 bits per heavy atom. The van der Waals surface area contributed by atoms with Gasteiger partial charge in [0.05, 0.1) is 6.54 Å². The van der Waals surface area contributed by atoms with Crippen LogP contribution in [0.4, 0.5) is 9.18 Å². The van der Waals surface area contributed by atoms with Crippen molar-refractivity contribution in [1.29, 1.82) is 0 Å². The molecule has 1 atom stereocenters. The van der Waals surface area contributed by atoms with Crippen LogP contribution in [0.1, 0.15) is 36.0 Å². The first-order chi connectivity index (χ1) is 13.5. The molecule has 3 aliphatic rings. The molecule has 0 unspecified atom stereocenters. The fourth-order valence-corrected chi connectivity index (χ4v) is 4.37. The molecule has 150 valence electrons. The number of piperidine rings is 1. The Hall–Kier alpha value is -2.64. The van der Waals surface area contributed by atoms with Crippen molar-refractivity contribution >= 4 is 17.9 Å². The Morgan fingerprint density at radius 1 is 1.00 bits per heavy atom. The van der Waals surface area contributed by atoms with E-state index in [9.17, 15) is 18.8 Å². The molecule has 0 aliphatic carbocycles. The smallest absolute Gasteiger partial charge is 0.410 e. The average Bonchev–Trinajstić information content (AvgIpc) is 3.37. The molecule has 3 aliphatic heterocycles. The van der Waals surface area contributed by atoms with E-state index in [4.69, 9.17) is 4.74 Å². The number of halogens is 1. The molecule has 1 aromatic rings. The van der Waals surface area contributed by atoms with Crippen LogP contribution in [-0.2, 0) is 9.53 Å². The van der Waals surface area contributed by atoms with E-state index in [-0.39, 0.29) is 23.9 Å². The lowest BCUT2D eigenvalue weighted by Gasteiger charge is -2.37. The predicted octanol–water partition coefficient (Wildman–Crippen LogP) is 1.87. The summed E-state index contributed by atoms with van der Waals surface area (Å²) in [6.07, 6.45) is 2.60. The van der Waals surface area contributed by atoms with Crippen molar-refractivity contribution in [2.75, 3.05) is 32.8 Å². The topological polar surface area (TPSA) is 70.2 Å². The van der Waals surface area contributed by atoms with E-state index in [1.54, 1.807) is 14.7 Å². The molecule has 8 heteroatoms. The van der Waals surface area contributed by atoms with Crippen molar-refractivity contribution < 1.29 is 23.5 Å². The van der Waals surface area contributed by atoms with Gasteiger partial charge in [0.1, 0.15) is 18.5 Å². The number of rotatable bonds is 3. The minimum absolute atomic E-state index is 0.0320. The number of benzene rings is 1. The summed E-state index contributed by atoms with van der Waals surface area (Å²) in [5, 5.41) is 0. The minimum atomic E-state index is -0.467. The van der Waals surface area contributed by atoms with Gasteiger partial charge < -0.3 is 19.4 Å². The van der Waals surface area contributed by atoms with Gasteiger partial charge in [-0.05, 0) is 49.9 Å². The number of ether oxygens (including phenoxy) is 1. The highest BCUT2D eigenvalue weighted by Gasteiger charge is 2.39. The number of hydrogen-bond donors (Lipinski definition) is 0. The maximum absolute atomic E-state index is 13.1. The molecule has 7 nitrogen and oxygen atoms in total. The molecular formula is C20H24FN3O4. The van der Waals surface area contributed by atoms with Gasteiger partial charge in [0, 0.05) is 31.2 Å². The Balaban J connectivity index is 1.38. The van der Waals surface area contributed by atoms with E-state index in [2.05, 4.69) is 0 Å². The molecule has 3 amide bonds. The van der Waals surface area contributed by atoms with Gasteiger partial charge in [0.25, 0.3) is 5.91 Å². The van der Waals surface area contributed by atoms with Gasteiger partial charge in [-0.2, -0.15) is 0 Å². The summed E-state index contributed by atoms with van der Waals surface area (Å²) in [4.78, 5) is 42.7. The van der Waals surface area contributed by atoms with Crippen LogP contribution in [0.15, 0.2) is 24.3 Å². The maximum atomic E-state index is 13.1. The highest BCUT2D eigenvalue weighted by atomic mass is 19.1. The SMILES string of the molecule is O=C([C@H]1CCCN1C(=O)c1ccc(F)cc1)N1CCC(N2CCOC2=O)CC1. The molecule has 0 radical (unpaired) electrons. The van der Waals surface area contributed by atoms with Crippen molar-refractivity contribution in [3.05, 3.63) is 35.6 Å². The summed E-state index contributed by atoms with van der Waals surface area (Å²) in [6.45, 7) is 2.72. The average molecular weight is 389 g/mol. The lowest BCUT2D eigenvalue weighted by molar-refractivity contribution is -0.136. The molecule has 3 saturated heterocycles. The summed E-state index contributed by atoms with van der Waals surface area (Å²) in [6, 6.07) is 5.07. The Bertz CT molecular complexity index is 761. The second-order valence-electron chi connectivity index (χ2n) is 7.53. The zero-order valence-corrected chi connectivity index (χ0v) is 15.7. The standard InChI is InChI=1S/C20H24FN3O4/c21-15-5-3-14(4-6-15)18(25)24-9-1-2-17(24)19(26)22-10-7-16(8-11-22)23-12-13-28-20(23)27/h3-6,16-17H,1-2,7-13H2/t17-/m1/s1. The molecule has 0 spiro atoms. The summed E-state index contributed by atoms with van der Waals surface area (Å²) >= 11 is 0. The second kappa shape index (κ2) is 7.77. The lowest BCUT2D eigenvalue weighted by atomic mass is 10.0. The molecular weight excluding hydrogens is 365 g/mol. The predicted molar refractivity (Wildman–Crippen MR) is 98.1 cm³/mol. The number of likely N-dealkylation sites (tertiary alicyclic amines) is 2. The molecule has 1 aromatic carbocycles. The van der Waals surface area contributed by atoms with Gasteiger partial charge in [-0.25, -0.2) is 9.18 Å². The fourth-order valence-electron chi connectivity index (χ4n) is 4.37. The monoisotopic (exact) mass is 389 g/mol. The number of carbonyl (C=O) groups excluding carboxylic acids is 3. The largest absolute Gasteiger partial charge is 0.448 e. The van der Waals surface area contributed by atoms with E-state index in [1.807, 2.05) is 0 Å². The summed E-state index contributed by atoms with van der Waals surface area (Å²) in [7, 11) is 0. The summed E-state index contributed by atoms with van der Waals surface area (Å²) < 4.78 is 18.1. The Labute approximate surface area is 163 Å². The van der Waals surface area contributed by atoms with Crippen molar-refractivity contribution in [2.24, 2.45) is 0 Å². The van der Waals surface area contributed by atoms with Gasteiger partial charge >= 0.3 is 6.09 Å². The number of carbonyl (C=O) groups is 3. The van der Waals surface area contributed by atoms with E-state index in [1.165, 1.54) is 24.3 Å². The zero-order valence-electron chi connectivity index (χ0n) is 15.7. The van der Waals surface area contributed by atoms with Crippen LogP contribution in [0.3, 0.4) is 0 Å². The number of cyclic esters (lactones) is 1. The third-order valence-corrected chi connectivity index (χ3v) is 5.90. The first kappa shape index (κ1) is 18.7. The normalized spacial score (nSPS) is 23.2. The van der Waals surface area contributed by atoms with Gasteiger partial charge in [0.2, 0.25) is 5.91 Å². The molecule has 0 N–H and O–H groups in total. The quantitative estimate of drug-likeness (QED) is 0.792. The fraction of sp³-hybridized carbons (Fsp3) is 0.550. The molecule has 4 rings (SSSR count). The first-order valence-corrected chi connectivity index (χ1v) is 9.83. The van der Waals surface area contributed by atoms with Gasteiger partial charge in [-0.3, -0.25) is 9.59 Å². The minimum Gasteiger partial charge on any atom is -0.448 e. The molecule has 0 saturated carbocycles. The van der Waals surface area contributed by atoms with Crippen LogP contribution >= 0.6 is 0 Å². The van der Waals surface area contributed by atoms with Crippen molar-refractivity contribution in [2.45, 2.75) is 37.8 Å². The number of amides is 3. The van der Waals surface area contributed by atoms with Crippen LogP contribution < -0.4 is 0 Å². The third kappa shape index (κ3) is 3.55. The second-order valence-corrected chi connectivity index (χ2v) is 7.53. The number of hydrogen-bond acceptors (Lipinski definition) is 4. The van der Waals surface area contributed by atoms with Crippen molar-refractivity contribution in [3.63, 3.8) is 0 Å². The Morgan fingerprint density at radius 3 is 2.36 bits per heavy atom. The van der Waals surface area contributed by atoms with Gasteiger partial charge in [-0.1, -0.05) is 0 Å². The van der Waals surface area contributed by atoms with Crippen LogP contribution in [0.2, 0.25) is 0 Å². The molecule has 0 bridgehead atoms. The summed E-state index contributed by atoms with van der Waals surface area (Å²) in [5.41, 5.74) is 0.396. The van der Waals surface area contributed by atoms with Crippen LogP contribution in [0.5, 0.6) is 0 Å². The highest BCUT2D eigenvalue weighted by Crippen LogP contribution is 2.25. The first-order valence-electron chi connectivity index (χ1n) is 9.83. The van der Waals surface area contributed by atoms with Gasteiger partial charge in [0.15, 0.2) is 0 Å². The van der Waals surface area contributed by atoms with E-state index in [0.29, 0.717) is 44.8 Å². The van der Waals surface area contributed by atoms with E-state index in [0.717, 1.165) is 19.3 Å².